The number of rotatable bonds is 2. The molecule has 12 heavy (non-hydrogen) atoms. The van der Waals surface area contributed by atoms with Crippen LogP contribution < -0.4 is 0 Å². The Kier molecular flexibility index (Phi) is 1.76. The van der Waals surface area contributed by atoms with Crippen molar-refractivity contribution in [2.45, 2.75) is 19.4 Å². The quantitative estimate of drug-likeness (QED) is 0.584. The smallest absolute Gasteiger partial charge is 0.328 e. The van der Waals surface area contributed by atoms with Crippen molar-refractivity contribution in [2.75, 3.05) is 0 Å². The number of nitriles is 1. The van der Waals surface area contributed by atoms with Crippen molar-refractivity contribution >= 4 is 11.9 Å². The topological polar surface area (TPSA) is 87.4 Å². The van der Waals surface area contributed by atoms with Gasteiger partial charge in [-0.25, -0.2) is 0 Å². The summed E-state index contributed by atoms with van der Waals surface area (Å²) in [6.45, 7) is 1.18. The second kappa shape index (κ2) is 2.48. The molecule has 0 bridgehead atoms. The summed E-state index contributed by atoms with van der Waals surface area (Å²) in [5, 5.41) is 17.1. The Morgan fingerprint density at radius 3 is 2.58 bits per heavy atom. The van der Waals surface area contributed by atoms with Gasteiger partial charge in [-0.1, -0.05) is 0 Å². The number of aliphatic carboxylic acids is 1. The lowest BCUT2D eigenvalue weighted by atomic mass is 10.1. The molecular formula is C7H7NO4. The molecule has 5 nitrogen and oxygen atoms in total. The van der Waals surface area contributed by atoms with Gasteiger partial charge in [0.25, 0.3) is 0 Å². The van der Waals surface area contributed by atoms with E-state index in [-0.39, 0.29) is 6.42 Å². The third kappa shape index (κ3) is 1.11. The van der Waals surface area contributed by atoms with Crippen molar-refractivity contribution in [2.24, 2.45) is 5.41 Å². The summed E-state index contributed by atoms with van der Waals surface area (Å²) in [5.74, 6) is -1.78. The van der Waals surface area contributed by atoms with Crippen LogP contribution in [0.2, 0.25) is 0 Å². The first kappa shape index (κ1) is 8.53. The van der Waals surface area contributed by atoms with Gasteiger partial charge in [-0.05, 0) is 0 Å². The number of nitrogens with zero attached hydrogens (tertiary/aromatic N) is 1. The minimum absolute atomic E-state index is 0.0956. The number of carboxylic acid groups (broad SMARTS) is 1. The van der Waals surface area contributed by atoms with Gasteiger partial charge in [0.15, 0.2) is 5.41 Å². The highest BCUT2D eigenvalue weighted by molar-refractivity contribution is 5.84. The van der Waals surface area contributed by atoms with Gasteiger partial charge >= 0.3 is 11.9 Å². The SMILES string of the molecule is CC(=O)OC1CC1(C#N)C(=O)O. The lowest BCUT2D eigenvalue weighted by Crippen LogP contribution is -2.19. The summed E-state index contributed by atoms with van der Waals surface area (Å²) in [6.07, 6.45) is -0.671. The molecule has 0 aromatic rings. The molecule has 64 valence electrons. The maximum absolute atomic E-state index is 10.5. The van der Waals surface area contributed by atoms with E-state index in [2.05, 4.69) is 4.74 Å². The first-order valence-electron chi connectivity index (χ1n) is 3.35. The summed E-state index contributed by atoms with van der Waals surface area (Å²) >= 11 is 0. The standard InChI is InChI=1S/C7H7NO4/c1-4(9)12-5-2-7(5,3-8)6(10)11/h5H,2H2,1H3,(H,10,11). The Hall–Kier alpha value is -1.57. The highest BCUT2D eigenvalue weighted by Crippen LogP contribution is 2.48. The minimum atomic E-state index is -1.48. The second-order valence-electron chi connectivity index (χ2n) is 2.69. The van der Waals surface area contributed by atoms with E-state index in [1.54, 1.807) is 6.07 Å². The van der Waals surface area contributed by atoms with Gasteiger partial charge in [-0.3, -0.25) is 9.59 Å². The normalized spacial score (nSPS) is 31.8. The van der Waals surface area contributed by atoms with E-state index in [1.807, 2.05) is 0 Å². The number of hydrogen-bond acceptors (Lipinski definition) is 4. The van der Waals surface area contributed by atoms with Crippen LogP contribution in [0.3, 0.4) is 0 Å². The molecule has 0 spiro atoms. The highest BCUT2D eigenvalue weighted by atomic mass is 16.6. The maximum Gasteiger partial charge on any atom is 0.328 e. The Labute approximate surface area is 68.5 Å². The van der Waals surface area contributed by atoms with E-state index >= 15 is 0 Å². The summed E-state index contributed by atoms with van der Waals surface area (Å²) in [6, 6.07) is 1.63. The van der Waals surface area contributed by atoms with Crippen LogP contribution in [0.4, 0.5) is 0 Å². The molecule has 0 saturated heterocycles. The van der Waals surface area contributed by atoms with Crippen molar-refractivity contribution < 1.29 is 19.4 Å². The monoisotopic (exact) mass is 169 g/mol. The number of carbonyl (C=O) groups excluding carboxylic acids is 1. The molecular weight excluding hydrogens is 162 g/mol. The fourth-order valence-electron chi connectivity index (χ4n) is 0.967. The first-order chi connectivity index (χ1) is 5.53. The molecule has 1 rings (SSSR count). The Balaban J connectivity index is 2.64. The van der Waals surface area contributed by atoms with E-state index < -0.39 is 23.5 Å². The van der Waals surface area contributed by atoms with Gasteiger partial charge in [0.2, 0.25) is 0 Å². The second-order valence-corrected chi connectivity index (χ2v) is 2.69. The van der Waals surface area contributed by atoms with E-state index in [1.165, 1.54) is 6.92 Å². The van der Waals surface area contributed by atoms with Crippen LogP contribution in [0.1, 0.15) is 13.3 Å². The Morgan fingerprint density at radius 1 is 1.75 bits per heavy atom. The lowest BCUT2D eigenvalue weighted by Gasteiger charge is -2.01. The van der Waals surface area contributed by atoms with Crippen LogP contribution in [0.15, 0.2) is 0 Å². The number of esters is 1. The molecule has 0 radical (unpaired) electrons. The molecule has 1 N–H and O–H groups in total. The summed E-state index contributed by atoms with van der Waals surface area (Å²) in [7, 11) is 0. The summed E-state index contributed by atoms with van der Waals surface area (Å²) < 4.78 is 4.59. The molecule has 0 heterocycles. The van der Waals surface area contributed by atoms with Crippen LogP contribution in [-0.4, -0.2) is 23.1 Å². The zero-order chi connectivity index (χ0) is 9.35. The largest absolute Gasteiger partial charge is 0.480 e. The van der Waals surface area contributed by atoms with Crippen molar-refractivity contribution in [1.29, 1.82) is 5.26 Å². The lowest BCUT2D eigenvalue weighted by molar-refractivity contribution is -0.147. The number of carboxylic acids is 1. The molecule has 0 aromatic heterocycles. The van der Waals surface area contributed by atoms with E-state index in [4.69, 9.17) is 10.4 Å². The fraction of sp³-hybridized carbons (Fsp3) is 0.571. The molecule has 0 aromatic carbocycles. The Morgan fingerprint density at radius 2 is 2.33 bits per heavy atom. The summed E-state index contributed by atoms with van der Waals surface area (Å²) in [4.78, 5) is 20.9. The van der Waals surface area contributed by atoms with Gasteiger partial charge in [0.1, 0.15) is 6.10 Å². The third-order valence-corrected chi connectivity index (χ3v) is 1.79. The molecule has 1 saturated carbocycles. The Bertz CT molecular complexity index is 280. The predicted octanol–water partition coefficient (Wildman–Crippen LogP) is -0.0836. The van der Waals surface area contributed by atoms with Crippen LogP contribution in [0.25, 0.3) is 0 Å². The van der Waals surface area contributed by atoms with Gasteiger partial charge < -0.3 is 9.84 Å². The van der Waals surface area contributed by atoms with Crippen molar-refractivity contribution in [1.82, 2.24) is 0 Å². The molecule has 5 heteroatoms. The van der Waals surface area contributed by atoms with Crippen LogP contribution in [0, 0.1) is 16.7 Å². The van der Waals surface area contributed by atoms with Gasteiger partial charge in [-0.2, -0.15) is 5.26 Å². The molecule has 0 amide bonds. The summed E-state index contributed by atoms with van der Waals surface area (Å²) in [5.41, 5.74) is -1.48. The third-order valence-electron chi connectivity index (χ3n) is 1.79. The average molecular weight is 169 g/mol. The number of carbonyl (C=O) groups is 2. The molecule has 2 unspecified atom stereocenters. The highest BCUT2D eigenvalue weighted by Gasteiger charge is 2.64. The minimum Gasteiger partial charge on any atom is -0.480 e. The maximum atomic E-state index is 10.5. The molecule has 1 fully saturated rings. The average Bonchev–Trinajstić information content (AvgIpc) is 2.62. The first-order valence-corrected chi connectivity index (χ1v) is 3.35. The number of ether oxygens (including phenoxy) is 1. The van der Waals surface area contributed by atoms with Crippen molar-refractivity contribution in [3.63, 3.8) is 0 Å². The molecule has 1 aliphatic carbocycles. The van der Waals surface area contributed by atoms with E-state index in [9.17, 15) is 9.59 Å². The van der Waals surface area contributed by atoms with Crippen LogP contribution in [-0.2, 0) is 14.3 Å². The van der Waals surface area contributed by atoms with Crippen LogP contribution >= 0.6 is 0 Å². The zero-order valence-corrected chi connectivity index (χ0v) is 6.40. The van der Waals surface area contributed by atoms with Gasteiger partial charge in [0.05, 0.1) is 6.07 Å². The van der Waals surface area contributed by atoms with Crippen molar-refractivity contribution in [3.05, 3.63) is 0 Å². The van der Waals surface area contributed by atoms with E-state index in [0.717, 1.165) is 0 Å². The molecule has 1 aliphatic rings. The zero-order valence-electron chi connectivity index (χ0n) is 6.40. The van der Waals surface area contributed by atoms with Crippen molar-refractivity contribution in [3.8, 4) is 6.07 Å². The van der Waals surface area contributed by atoms with E-state index in [0.29, 0.717) is 0 Å². The van der Waals surface area contributed by atoms with Crippen LogP contribution in [0.5, 0.6) is 0 Å². The van der Waals surface area contributed by atoms with Gasteiger partial charge in [-0.15, -0.1) is 0 Å². The predicted molar refractivity (Wildman–Crippen MR) is 35.9 cm³/mol. The molecule has 0 aliphatic heterocycles. The molecule has 2 atom stereocenters. The fourth-order valence-corrected chi connectivity index (χ4v) is 0.967. The van der Waals surface area contributed by atoms with Gasteiger partial charge in [0, 0.05) is 13.3 Å². The number of hydrogen-bond donors (Lipinski definition) is 1.